The largest absolute Gasteiger partial charge is 0.478 e. The number of hydrazone groups is 1. The van der Waals surface area contributed by atoms with Gasteiger partial charge < -0.3 is 5.11 Å². The molecule has 0 fully saturated rings. The van der Waals surface area contributed by atoms with Crippen LogP contribution in [0, 0.1) is 6.92 Å². The van der Waals surface area contributed by atoms with E-state index in [9.17, 15) is 13.2 Å². The quantitative estimate of drug-likeness (QED) is 0.626. The molecule has 1 aromatic heterocycles. The maximum atomic E-state index is 12.3. The van der Waals surface area contributed by atoms with Crippen LogP contribution in [0.1, 0.15) is 33.6 Å². The third-order valence-corrected chi connectivity index (χ3v) is 5.34. The van der Waals surface area contributed by atoms with Crippen LogP contribution in [0.15, 0.2) is 40.3 Å². The summed E-state index contributed by atoms with van der Waals surface area (Å²) in [5.41, 5.74) is 2.32. The molecule has 1 aliphatic rings. The molecule has 25 heavy (non-hydrogen) atoms. The molecule has 1 aliphatic carbocycles. The minimum absolute atomic E-state index is 0.0901. The van der Waals surface area contributed by atoms with Crippen LogP contribution in [0.25, 0.3) is 0 Å². The summed E-state index contributed by atoms with van der Waals surface area (Å²) >= 11 is 5.85. The second kappa shape index (κ2) is 6.45. The van der Waals surface area contributed by atoms with Crippen molar-refractivity contribution in [2.75, 3.05) is 0 Å². The first-order valence-electron chi connectivity index (χ1n) is 7.36. The fourth-order valence-corrected chi connectivity index (χ4v) is 3.56. The summed E-state index contributed by atoms with van der Waals surface area (Å²) in [5.74, 6) is -1.20. The first kappa shape index (κ1) is 17.4. The van der Waals surface area contributed by atoms with E-state index in [4.69, 9.17) is 16.7 Å². The Hall–Kier alpha value is -2.45. The van der Waals surface area contributed by atoms with E-state index in [0.29, 0.717) is 29.8 Å². The fourth-order valence-electron chi connectivity index (χ4n) is 2.49. The van der Waals surface area contributed by atoms with Gasteiger partial charge in [0.25, 0.3) is 10.0 Å². The molecule has 0 spiro atoms. The highest BCUT2D eigenvalue weighted by Gasteiger charge is 2.24. The Balaban J connectivity index is 1.91. The molecule has 2 aromatic rings. The Kier molecular flexibility index (Phi) is 4.49. The van der Waals surface area contributed by atoms with E-state index in [1.807, 2.05) is 6.92 Å². The van der Waals surface area contributed by atoms with Gasteiger partial charge in [-0.25, -0.2) is 9.78 Å². The molecule has 0 unspecified atom stereocenters. The predicted molar refractivity (Wildman–Crippen MR) is 92.6 cm³/mol. The van der Waals surface area contributed by atoms with Gasteiger partial charge in [0.2, 0.25) is 0 Å². The first-order chi connectivity index (χ1) is 11.8. The number of hydrogen-bond acceptors (Lipinski definition) is 5. The lowest BCUT2D eigenvalue weighted by Crippen LogP contribution is -2.20. The van der Waals surface area contributed by atoms with Crippen molar-refractivity contribution >= 4 is 33.3 Å². The van der Waals surface area contributed by atoms with E-state index in [1.165, 1.54) is 18.2 Å². The molecule has 3 rings (SSSR count). The highest BCUT2D eigenvalue weighted by molar-refractivity contribution is 7.89. The summed E-state index contributed by atoms with van der Waals surface area (Å²) < 4.78 is 24.6. The zero-order chi connectivity index (χ0) is 18.2. The minimum Gasteiger partial charge on any atom is -0.478 e. The standard InChI is InChI=1S/C16H14ClN3O4S/c1-9-2-4-10(5-3-9)25(23,24)20-19-14-7-6-13-11(14)8-12(16(21)22)15(17)18-13/h2-5,8,20H,6-7H2,1H3,(H,21,22)/b19-14-. The minimum atomic E-state index is -3.80. The number of carbonyl (C=O) groups is 1. The van der Waals surface area contributed by atoms with E-state index in [-0.39, 0.29) is 15.6 Å². The third-order valence-electron chi connectivity index (χ3n) is 3.83. The molecule has 7 nitrogen and oxygen atoms in total. The molecule has 0 aliphatic heterocycles. The Bertz CT molecular complexity index is 985. The summed E-state index contributed by atoms with van der Waals surface area (Å²) in [6.07, 6.45) is 0.957. The van der Waals surface area contributed by atoms with Crippen molar-refractivity contribution in [2.24, 2.45) is 5.10 Å². The van der Waals surface area contributed by atoms with Crippen molar-refractivity contribution in [3.8, 4) is 0 Å². The average molecular weight is 380 g/mol. The lowest BCUT2D eigenvalue weighted by atomic mass is 10.1. The monoisotopic (exact) mass is 379 g/mol. The molecule has 0 saturated heterocycles. The van der Waals surface area contributed by atoms with Gasteiger partial charge in [0.15, 0.2) is 0 Å². The maximum Gasteiger partial charge on any atom is 0.338 e. The average Bonchev–Trinajstić information content (AvgIpc) is 2.94. The van der Waals surface area contributed by atoms with Crippen LogP contribution in [0.4, 0.5) is 0 Å². The number of halogens is 1. The van der Waals surface area contributed by atoms with Crippen molar-refractivity contribution < 1.29 is 18.3 Å². The zero-order valence-corrected chi connectivity index (χ0v) is 14.7. The van der Waals surface area contributed by atoms with E-state index in [2.05, 4.69) is 14.9 Å². The van der Waals surface area contributed by atoms with E-state index in [1.54, 1.807) is 12.1 Å². The highest BCUT2D eigenvalue weighted by atomic mass is 35.5. The molecule has 0 amide bonds. The number of carboxylic acids is 1. The smallest absolute Gasteiger partial charge is 0.338 e. The Morgan fingerprint density at radius 2 is 1.96 bits per heavy atom. The van der Waals surface area contributed by atoms with Crippen LogP contribution < -0.4 is 4.83 Å². The van der Waals surface area contributed by atoms with Gasteiger partial charge in [-0.15, -0.1) is 0 Å². The fraction of sp³-hybridized carbons (Fsp3) is 0.188. The molecule has 0 atom stereocenters. The van der Waals surface area contributed by atoms with E-state index < -0.39 is 16.0 Å². The Morgan fingerprint density at radius 3 is 2.60 bits per heavy atom. The second-order valence-corrected chi connectivity index (χ2v) is 7.61. The molecule has 0 radical (unpaired) electrons. The van der Waals surface area contributed by atoms with Gasteiger partial charge in [-0.05, 0) is 38.0 Å². The molecule has 130 valence electrons. The number of aromatic carboxylic acids is 1. The van der Waals surface area contributed by atoms with Crippen LogP contribution in [0.3, 0.4) is 0 Å². The number of nitrogens with zero attached hydrogens (tertiary/aromatic N) is 2. The van der Waals surface area contributed by atoms with Crippen molar-refractivity contribution in [3.63, 3.8) is 0 Å². The van der Waals surface area contributed by atoms with Crippen molar-refractivity contribution in [2.45, 2.75) is 24.7 Å². The third kappa shape index (κ3) is 3.49. The number of rotatable bonds is 4. The molecule has 2 N–H and O–H groups in total. The summed E-state index contributed by atoms with van der Waals surface area (Å²) in [6.45, 7) is 1.86. The number of nitrogens with one attached hydrogen (secondary N) is 1. The van der Waals surface area contributed by atoms with Crippen molar-refractivity contribution in [3.05, 3.63) is 57.9 Å². The van der Waals surface area contributed by atoms with Gasteiger partial charge in [0.05, 0.1) is 21.9 Å². The van der Waals surface area contributed by atoms with E-state index >= 15 is 0 Å². The van der Waals surface area contributed by atoms with Gasteiger partial charge in [0, 0.05) is 5.56 Å². The van der Waals surface area contributed by atoms with Crippen molar-refractivity contribution in [1.82, 2.24) is 9.82 Å². The number of hydrogen-bond donors (Lipinski definition) is 2. The van der Waals surface area contributed by atoms with Gasteiger partial charge >= 0.3 is 5.97 Å². The second-order valence-electron chi connectivity index (χ2n) is 5.59. The summed E-state index contributed by atoms with van der Waals surface area (Å²) in [6, 6.07) is 7.74. The predicted octanol–water partition coefficient (Wildman–Crippen LogP) is 2.37. The van der Waals surface area contributed by atoms with E-state index in [0.717, 1.165) is 5.56 Å². The number of pyridine rings is 1. The topological polar surface area (TPSA) is 109 Å². The number of carboxylic acid groups (broad SMARTS) is 1. The molecule has 0 saturated carbocycles. The summed E-state index contributed by atoms with van der Waals surface area (Å²) in [5, 5.41) is 13.0. The van der Waals surface area contributed by atoms with Crippen molar-refractivity contribution in [1.29, 1.82) is 0 Å². The molecular weight excluding hydrogens is 366 g/mol. The summed E-state index contributed by atoms with van der Waals surface area (Å²) in [4.78, 5) is 17.5. The lowest BCUT2D eigenvalue weighted by molar-refractivity contribution is 0.0696. The van der Waals surface area contributed by atoms with Crippen LogP contribution >= 0.6 is 11.6 Å². The number of aryl methyl sites for hydroxylation is 2. The number of sulfonamides is 1. The van der Waals surface area contributed by atoms with Crippen LogP contribution in [0.5, 0.6) is 0 Å². The number of benzene rings is 1. The highest BCUT2D eigenvalue weighted by Crippen LogP contribution is 2.26. The van der Waals surface area contributed by atoms with Gasteiger partial charge in [0.1, 0.15) is 5.15 Å². The lowest BCUT2D eigenvalue weighted by Gasteiger charge is -2.06. The SMILES string of the molecule is Cc1ccc(S(=O)(=O)N/N=C2/CCc3nc(Cl)c(C(=O)O)cc32)cc1. The zero-order valence-electron chi connectivity index (χ0n) is 13.2. The molecule has 0 bridgehead atoms. The Labute approximate surface area is 149 Å². The Morgan fingerprint density at radius 1 is 1.28 bits per heavy atom. The molecule has 1 aromatic carbocycles. The van der Waals surface area contributed by atoms with Crippen LogP contribution in [0.2, 0.25) is 5.15 Å². The first-order valence-corrected chi connectivity index (χ1v) is 9.22. The normalized spacial score (nSPS) is 15.2. The van der Waals surface area contributed by atoms with Gasteiger partial charge in [-0.1, -0.05) is 29.3 Å². The van der Waals surface area contributed by atoms with Gasteiger partial charge in [-0.2, -0.15) is 18.4 Å². The molecule has 9 heteroatoms. The summed E-state index contributed by atoms with van der Waals surface area (Å²) in [7, 11) is -3.80. The maximum absolute atomic E-state index is 12.3. The molecular formula is C16H14ClN3O4S. The van der Waals surface area contributed by atoms with Crippen LogP contribution in [-0.2, 0) is 16.4 Å². The van der Waals surface area contributed by atoms with Crippen LogP contribution in [-0.4, -0.2) is 30.2 Å². The number of aromatic nitrogens is 1. The van der Waals surface area contributed by atoms with Gasteiger partial charge in [-0.3, -0.25) is 0 Å². The molecule has 1 heterocycles. The number of fused-ring (bicyclic) bond motifs is 1.